The molecule has 0 fully saturated rings. The Morgan fingerprint density at radius 2 is 2.11 bits per heavy atom. The molecule has 19 heavy (non-hydrogen) atoms. The average Bonchev–Trinajstić information content (AvgIpc) is 2.78. The highest BCUT2D eigenvalue weighted by molar-refractivity contribution is 6.07. The van der Waals surface area contributed by atoms with Crippen molar-refractivity contribution in [1.82, 2.24) is 15.2 Å². The van der Waals surface area contributed by atoms with E-state index < -0.39 is 0 Å². The van der Waals surface area contributed by atoms with Gasteiger partial charge in [0.05, 0.1) is 12.1 Å². The van der Waals surface area contributed by atoms with Gasteiger partial charge in [0.25, 0.3) is 5.91 Å². The number of H-pyrrole nitrogens is 1. The first-order valence-electron chi connectivity index (χ1n) is 5.84. The largest absolute Gasteiger partial charge is 0.399 e. The Bertz CT molecular complexity index is 631. The number of anilines is 1. The molecular weight excluding hydrogens is 244 g/mol. The summed E-state index contributed by atoms with van der Waals surface area (Å²) in [6.07, 6.45) is 1.61. The predicted molar refractivity (Wildman–Crippen MR) is 73.7 cm³/mol. The normalized spacial score (nSPS) is 10.4. The minimum absolute atomic E-state index is 0.0204. The Kier molecular flexibility index (Phi) is 3.41. The number of nitrogens with zero attached hydrogens (tertiary/aromatic N) is 1. The summed E-state index contributed by atoms with van der Waals surface area (Å²) in [5.74, 6) is -0.441. The minimum Gasteiger partial charge on any atom is -0.399 e. The molecule has 6 heteroatoms. The lowest BCUT2D eigenvalue weighted by molar-refractivity contribution is -0.127. The monoisotopic (exact) mass is 260 g/mol. The fourth-order valence-corrected chi connectivity index (χ4v) is 1.74. The van der Waals surface area contributed by atoms with Crippen molar-refractivity contribution in [2.75, 3.05) is 26.4 Å². The van der Waals surface area contributed by atoms with Crippen LogP contribution in [-0.2, 0) is 4.79 Å². The zero-order chi connectivity index (χ0) is 14.0. The molecule has 0 spiro atoms. The maximum absolute atomic E-state index is 12.0. The van der Waals surface area contributed by atoms with Gasteiger partial charge in [-0.3, -0.25) is 9.59 Å². The van der Waals surface area contributed by atoms with Crippen LogP contribution in [0.1, 0.15) is 10.4 Å². The molecule has 4 N–H and O–H groups in total. The summed E-state index contributed by atoms with van der Waals surface area (Å²) >= 11 is 0. The van der Waals surface area contributed by atoms with Gasteiger partial charge in [-0.15, -0.1) is 0 Å². The number of nitrogen functional groups attached to an aromatic ring is 1. The Morgan fingerprint density at radius 3 is 2.79 bits per heavy atom. The van der Waals surface area contributed by atoms with Crippen molar-refractivity contribution in [1.29, 1.82) is 0 Å². The molecule has 0 atom stereocenters. The fraction of sp³-hybridized carbons (Fsp3) is 0.231. The van der Waals surface area contributed by atoms with E-state index in [1.165, 1.54) is 4.90 Å². The summed E-state index contributed by atoms with van der Waals surface area (Å²) < 4.78 is 0. The van der Waals surface area contributed by atoms with Gasteiger partial charge in [-0.1, -0.05) is 0 Å². The third-order valence-electron chi connectivity index (χ3n) is 2.85. The highest BCUT2D eigenvalue weighted by Gasteiger charge is 2.13. The van der Waals surface area contributed by atoms with Crippen LogP contribution in [-0.4, -0.2) is 42.3 Å². The highest BCUT2D eigenvalue weighted by Crippen LogP contribution is 2.20. The number of hydrogen-bond donors (Lipinski definition) is 3. The van der Waals surface area contributed by atoms with Crippen LogP contribution in [0, 0.1) is 0 Å². The van der Waals surface area contributed by atoms with Crippen LogP contribution in [0.4, 0.5) is 5.69 Å². The molecule has 0 saturated carbocycles. The number of nitrogens with one attached hydrogen (secondary N) is 2. The number of rotatable bonds is 3. The molecule has 2 amide bonds. The molecule has 6 nitrogen and oxygen atoms in total. The molecule has 0 saturated heterocycles. The number of benzene rings is 1. The zero-order valence-electron chi connectivity index (χ0n) is 10.9. The van der Waals surface area contributed by atoms with Gasteiger partial charge in [0.1, 0.15) is 0 Å². The molecule has 1 aromatic heterocycles. The molecule has 100 valence electrons. The molecule has 0 aliphatic rings. The van der Waals surface area contributed by atoms with Crippen molar-refractivity contribution in [2.24, 2.45) is 0 Å². The van der Waals surface area contributed by atoms with Crippen molar-refractivity contribution in [2.45, 2.75) is 0 Å². The molecule has 0 aliphatic heterocycles. The lowest BCUT2D eigenvalue weighted by Crippen LogP contribution is -2.36. The summed E-state index contributed by atoms with van der Waals surface area (Å²) in [7, 11) is 3.28. The summed E-state index contributed by atoms with van der Waals surface area (Å²) in [5, 5.41) is 3.37. The van der Waals surface area contributed by atoms with E-state index in [0.717, 1.165) is 10.9 Å². The van der Waals surface area contributed by atoms with Crippen LogP contribution in [0.15, 0.2) is 24.4 Å². The topological polar surface area (TPSA) is 91.2 Å². The molecule has 2 aromatic rings. The van der Waals surface area contributed by atoms with Gasteiger partial charge >= 0.3 is 0 Å². The number of carbonyl (C=O) groups excluding carboxylic acids is 2. The first-order valence-corrected chi connectivity index (χ1v) is 5.84. The Balaban J connectivity index is 2.16. The van der Waals surface area contributed by atoms with Crippen molar-refractivity contribution >= 4 is 28.4 Å². The second-order valence-electron chi connectivity index (χ2n) is 4.48. The van der Waals surface area contributed by atoms with E-state index in [2.05, 4.69) is 10.3 Å². The number of hydrogen-bond acceptors (Lipinski definition) is 3. The standard InChI is InChI=1S/C13H16N4O2/c1-17(2)12(18)7-16-13(19)10-6-15-11-5-8(14)3-4-9(10)11/h3-6,15H,7,14H2,1-2H3,(H,16,19). The van der Waals surface area contributed by atoms with Crippen molar-refractivity contribution in [3.05, 3.63) is 30.0 Å². The molecule has 0 aliphatic carbocycles. The maximum Gasteiger partial charge on any atom is 0.253 e. The van der Waals surface area contributed by atoms with E-state index in [0.29, 0.717) is 11.3 Å². The summed E-state index contributed by atoms with van der Waals surface area (Å²) in [6, 6.07) is 5.28. The smallest absolute Gasteiger partial charge is 0.253 e. The quantitative estimate of drug-likeness (QED) is 0.704. The molecular formula is C13H16N4O2. The second kappa shape index (κ2) is 5.01. The number of likely N-dealkylation sites (N-methyl/N-ethyl adjacent to an activating group) is 1. The molecule has 2 rings (SSSR count). The van der Waals surface area contributed by atoms with E-state index >= 15 is 0 Å². The van der Waals surface area contributed by atoms with Gasteiger partial charge in [0.15, 0.2) is 0 Å². The van der Waals surface area contributed by atoms with E-state index in [-0.39, 0.29) is 18.4 Å². The van der Waals surface area contributed by atoms with E-state index in [9.17, 15) is 9.59 Å². The number of fused-ring (bicyclic) bond motifs is 1. The van der Waals surface area contributed by atoms with Crippen LogP contribution < -0.4 is 11.1 Å². The first-order chi connectivity index (χ1) is 8.99. The van der Waals surface area contributed by atoms with Crippen LogP contribution in [0.3, 0.4) is 0 Å². The second-order valence-corrected chi connectivity index (χ2v) is 4.48. The summed E-state index contributed by atoms with van der Waals surface area (Å²) in [5.41, 5.74) is 7.60. The van der Waals surface area contributed by atoms with E-state index in [1.807, 2.05) is 0 Å². The van der Waals surface area contributed by atoms with Crippen LogP contribution in [0.2, 0.25) is 0 Å². The SMILES string of the molecule is CN(C)C(=O)CNC(=O)c1c[nH]c2cc(N)ccc12. The molecule has 0 unspecified atom stereocenters. The van der Waals surface area contributed by atoms with Crippen LogP contribution in [0.5, 0.6) is 0 Å². The zero-order valence-corrected chi connectivity index (χ0v) is 10.9. The van der Waals surface area contributed by atoms with Gasteiger partial charge in [-0.2, -0.15) is 0 Å². The van der Waals surface area contributed by atoms with Crippen LogP contribution in [0.25, 0.3) is 10.9 Å². The third kappa shape index (κ3) is 2.67. The average molecular weight is 260 g/mol. The van der Waals surface area contributed by atoms with Gasteiger partial charge in [-0.25, -0.2) is 0 Å². The van der Waals surface area contributed by atoms with Crippen molar-refractivity contribution in [3.8, 4) is 0 Å². The van der Waals surface area contributed by atoms with Gasteiger partial charge in [-0.05, 0) is 18.2 Å². The number of aromatic nitrogens is 1. The molecule has 1 aromatic carbocycles. The third-order valence-corrected chi connectivity index (χ3v) is 2.85. The van der Waals surface area contributed by atoms with Crippen molar-refractivity contribution < 1.29 is 9.59 Å². The highest BCUT2D eigenvalue weighted by atomic mass is 16.2. The number of carbonyl (C=O) groups is 2. The minimum atomic E-state index is -0.286. The first kappa shape index (κ1) is 12.9. The van der Waals surface area contributed by atoms with Gasteiger partial charge in [0.2, 0.25) is 5.91 Å². The molecule has 0 bridgehead atoms. The van der Waals surface area contributed by atoms with Crippen molar-refractivity contribution in [3.63, 3.8) is 0 Å². The number of nitrogens with two attached hydrogens (primary N) is 1. The Morgan fingerprint density at radius 1 is 1.37 bits per heavy atom. The lowest BCUT2D eigenvalue weighted by Gasteiger charge is -2.10. The molecule has 1 heterocycles. The summed E-state index contributed by atoms with van der Waals surface area (Å²) in [6.45, 7) is -0.0204. The molecule has 0 radical (unpaired) electrons. The van der Waals surface area contributed by atoms with E-state index in [1.54, 1.807) is 38.5 Å². The van der Waals surface area contributed by atoms with E-state index in [4.69, 9.17) is 5.73 Å². The maximum atomic E-state index is 12.0. The summed E-state index contributed by atoms with van der Waals surface area (Å²) in [4.78, 5) is 27.8. The van der Waals surface area contributed by atoms with Crippen LogP contribution >= 0.6 is 0 Å². The predicted octanol–water partition coefficient (Wildman–Crippen LogP) is 0.568. The Hall–Kier alpha value is -2.50. The number of amides is 2. The number of aromatic amines is 1. The van der Waals surface area contributed by atoms with Gasteiger partial charge < -0.3 is 20.9 Å². The Labute approximate surface area is 110 Å². The fourth-order valence-electron chi connectivity index (χ4n) is 1.74. The van der Waals surface area contributed by atoms with Gasteiger partial charge in [0, 0.05) is 36.9 Å². The lowest BCUT2D eigenvalue weighted by atomic mass is 10.1.